The number of carbonyl (C=O) groups is 3. The van der Waals surface area contributed by atoms with Crippen molar-refractivity contribution in [2.24, 2.45) is 40.4 Å². The molecule has 4 aliphatic carbocycles. The minimum absolute atomic E-state index is 0.0787. The summed E-state index contributed by atoms with van der Waals surface area (Å²) in [7, 11) is 4.75. The van der Waals surface area contributed by atoms with Crippen LogP contribution < -0.4 is 0 Å². The van der Waals surface area contributed by atoms with Gasteiger partial charge in [-0.1, -0.05) is 32.0 Å². The molecule has 3 aliphatic heterocycles. The van der Waals surface area contributed by atoms with E-state index >= 15 is 0 Å². The quantitative estimate of drug-likeness (QED) is 0.188. The third-order valence-electron chi connectivity index (χ3n) is 18.0. The molecule has 1 aromatic carbocycles. The zero-order valence-corrected chi connectivity index (χ0v) is 40.9. The van der Waals surface area contributed by atoms with Gasteiger partial charge in [-0.05, 0) is 102 Å². The first kappa shape index (κ1) is 50.8. The Balaban J connectivity index is 0.968. The summed E-state index contributed by atoms with van der Waals surface area (Å²) in [6.07, 6.45) is -4.38. The van der Waals surface area contributed by atoms with Crippen molar-refractivity contribution < 1.29 is 77.1 Å². The number of carbonyl (C=O) groups excluding carboxylic acids is 3. The Morgan fingerprint density at radius 1 is 0.716 bits per heavy atom. The lowest BCUT2D eigenvalue weighted by Gasteiger charge is -2.66. The van der Waals surface area contributed by atoms with Gasteiger partial charge in [0.25, 0.3) is 0 Å². The molecule has 16 nitrogen and oxygen atoms in total. The van der Waals surface area contributed by atoms with E-state index in [4.69, 9.17) is 47.4 Å². The average molecular weight is 945 g/mol. The highest BCUT2D eigenvalue weighted by atomic mass is 16.7. The van der Waals surface area contributed by atoms with Crippen molar-refractivity contribution in [1.82, 2.24) is 0 Å². The zero-order valence-electron chi connectivity index (χ0n) is 40.9. The molecule has 67 heavy (non-hydrogen) atoms. The summed E-state index contributed by atoms with van der Waals surface area (Å²) >= 11 is 0. The largest absolute Gasteiger partial charge is 0.458 e. The molecule has 4 saturated carbocycles. The van der Waals surface area contributed by atoms with Crippen LogP contribution in [0, 0.1) is 40.4 Å². The van der Waals surface area contributed by atoms with Gasteiger partial charge in [-0.3, -0.25) is 9.59 Å². The van der Waals surface area contributed by atoms with Gasteiger partial charge in [0.1, 0.15) is 42.4 Å². The highest BCUT2D eigenvalue weighted by molar-refractivity contribution is 5.89. The summed E-state index contributed by atoms with van der Waals surface area (Å²) in [5.41, 5.74) is -2.56. The Bertz CT molecular complexity index is 1900. The molecule has 7 fully saturated rings. The van der Waals surface area contributed by atoms with E-state index in [-0.39, 0.29) is 53.9 Å². The lowest BCUT2D eigenvalue weighted by atomic mass is 9.41. The molecule has 0 amide bonds. The van der Waals surface area contributed by atoms with E-state index in [1.807, 2.05) is 26.8 Å². The molecule has 16 heteroatoms. The van der Waals surface area contributed by atoms with Crippen molar-refractivity contribution in [3.05, 3.63) is 35.9 Å². The zero-order chi connectivity index (χ0) is 48.3. The number of ketones is 1. The fraction of sp³-hybridized carbons (Fsp3) is 0.824. The maximum absolute atomic E-state index is 14.1. The summed E-state index contributed by atoms with van der Waals surface area (Å²) < 4.78 is 62.8. The molecular formula is C51H76O16. The lowest BCUT2D eigenvalue weighted by molar-refractivity contribution is -0.335. The molecule has 376 valence electrons. The van der Waals surface area contributed by atoms with Gasteiger partial charge >= 0.3 is 11.9 Å². The predicted octanol–water partition coefficient (Wildman–Crippen LogP) is 4.94. The van der Waals surface area contributed by atoms with Gasteiger partial charge in [0.15, 0.2) is 12.6 Å². The minimum Gasteiger partial charge on any atom is -0.458 e. The molecule has 3 N–H and O–H groups in total. The van der Waals surface area contributed by atoms with Crippen LogP contribution in [0.25, 0.3) is 0 Å². The minimum atomic E-state index is -1.33. The summed E-state index contributed by atoms with van der Waals surface area (Å²) in [5.74, 6) is -2.46. The summed E-state index contributed by atoms with van der Waals surface area (Å²) in [6.45, 7) is 12.6. The highest BCUT2D eigenvalue weighted by Crippen LogP contribution is 2.70. The van der Waals surface area contributed by atoms with Crippen LogP contribution in [-0.4, -0.2) is 152 Å². The van der Waals surface area contributed by atoms with Crippen molar-refractivity contribution in [2.75, 3.05) is 21.3 Å². The number of methoxy groups -OCH3 is 3. The van der Waals surface area contributed by atoms with Gasteiger partial charge in [0, 0.05) is 64.3 Å². The number of hydrogen-bond acceptors (Lipinski definition) is 16. The van der Waals surface area contributed by atoms with Crippen LogP contribution in [0.4, 0.5) is 0 Å². The molecule has 0 bridgehead atoms. The second-order valence-corrected chi connectivity index (χ2v) is 21.4. The van der Waals surface area contributed by atoms with Gasteiger partial charge in [0.05, 0.1) is 53.9 Å². The predicted molar refractivity (Wildman–Crippen MR) is 239 cm³/mol. The van der Waals surface area contributed by atoms with Crippen molar-refractivity contribution in [1.29, 1.82) is 0 Å². The van der Waals surface area contributed by atoms with E-state index in [9.17, 15) is 29.7 Å². The third kappa shape index (κ3) is 8.95. The van der Waals surface area contributed by atoms with E-state index in [1.54, 1.807) is 45.4 Å². The molecular weight excluding hydrogens is 869 g/mol. The molecule has 1 aromatic rings. The summed E-state index contributed by atoms with van der Waals surface area (Å²) in [4.78, 5) is 40.4. The van der Waals surface area contributed by atoms with Crippen LogP contribution in [0.5, 0.6) is 0 Å². The van der Waals surface area contributed by atoms with Crippen LogP contribution >= 0.6 is 0 Å². The van der Waals surface area contributed by atoms with Gasteiger partial charge in [-0.2, -0.15) is 0 Å². The van der Waals surface area contributed by atoms with Crippen LogP contribution in [0.3, 0.4) is 0 Å². The Labute approximate surface area is 395 Å². The van der Waals surface area contributed by atoms with Crippen LogP contribution in [0.2, 0.25) is 0 Å². The van der Waals surface area contributed by atoms with Crippen LogP contribution in [0.1, 0.15) is 117 Å². The van der Waals surface area contributed by atoms with Crippen LogP contribution in [-0.2, 0) is 57.0 Å². The lowest BCUT2D eigenvalue weighted by Crippen LogP contribution is -2.73. The molecule has 0 aromatic heterocycles. The fourth-order valence-electron chi connectivity index (χ4n) is 14.7. The van der Waals surface area contributed by atoms with Gasteiger partial charge < -0.3 is 62.7 Å². The average Bonchev–Trinajstić information content (AvgIpc) is 3.58. The third-order valence-corrected chi connectivity index (χ3v) is 18.0. The summed E-state index contributed by atoms with van der Waals surface area (Å²) in [5, 5.41) is 34.6. The van der Waals surface area contributed by atoms with Crippen molar-refractivity contribution in [3.8, 4) is 0 Å². The maximum atomic E-state index is 14.1. The molecule has 8 rings (SSSR count). The molecule has 23 atom stereocenters. The second kappa shape index (κ2) is 19.9. The maximum Gasteiger partial charge on any atom is 0.338 e. The van der Waals surface area contributed by atoms with E-state index < -0.39 is 102 Å². The topological polar surface area (TPSA) is 204 Å². The number of fused-ring (bicyclic) bond motifs is 5. The van der Waals surface area contributed by atoms with Gasteiger partial charge in [-0.15, -0.1) is 0 Å². The monoisotopic (exact) mass is 945 g/mol. The standard InChI is InChI=1S/C51H76O16/c1-25(52)33-19-21-51(57)34-17-16-31-22-32(18-20-49(31,6)40(34)44(46(50(33,51)7)64-29(5)53)66-47(56)30-14-12-11-13-15-30)65-38-24-35(58-8)39(26(2)62-38)36-23-37(59-9)43(28(4)61-36)67-48-42(55)45(60-10)41(54)27(3)63-48/h11-15,26-28,31-46,48,54-55,57H,16-24H2,1-10H3/t26-,27-,28-,31?,32+,33-,34-,35+,36-,37-,38+,39-,40-,41-,42-,43-,44+,45-,46-,48+,49+,50+,51+/m1/s1. The number of hydrogen-bond donors (Lipinski definition) is 3. The van der Waals surface area contributed by atoms with Crippen molar-refractivity contribution in [2.45, 2.75) is 204 Å². The molecule has 0 radical (unpaired) electrons. The summed E-state index contributed by atoms with van der Waals surface area (Å²) in [6, 6.07) is 8.78. The van der Waals surface area contributed by atoms with E-state index in [0.717, 1.165) is 12.8 Å². The number of aliphatic hydroxyl groups is 3. The Kier molecular flexibility index (Phi) is 15.1. The van der Waals surface area contributed by atoms with Crippen LogP contribution in [0.15, 0.2) is 30.3 Å². The van der Waals surface area contributed by atoms with E-state index in [2.05, 4.69) is 6.92 Å². The number of esters is 2. The first-order valence-electron chi connectivity index (χ1n) is 24.7. The second-order valence-electron chi connectivity index (χ2n) is 21.4. The fourth-order valence-corrected chi connectivity index (χ4v) is 14.7. The normalized spacial score (nSPS) is 48.6. The van der Waals surface area contributed by atoms with Gasteiger partial charge in [0.2, 0.25) is 0 Å². The smallest absolute Gasteiger partial charge is 0.338 e. The number of Topliss-reactive ketones (excluding diaryl/α,β-unsaturated/α-hetero) is 1. The first-order chi connectivity index (χ1) is 31.8. The molecule has 3 heterocycles. The first-order valence-corrected chi connectivity index (χ1v) is 24.7. The number of rotatable bonds is 12. The van der Waals surface area contributed by atoms with Crippen molar-refractivity contribution >= 4 is 17.7 Å². The Hall–Kier alpha value is -2.61. The number of ether oxygens (including phenoxy) is 10. The SMILES string of the molecule is CO[C@H]1[C@@H](O)[C@H](O[C@@H]2[C@@H](C)O[C@@H]([C@H]3[C@@H](OC)C[C@H](O[C@H]4CC[C@@]5(C)C(CC[C@@H]6[C@@H]5[C@H](OC(=O)c5ccccc5)[C@@H](OC(C)=O)[C@]5(C)[C@@H](C(C)=O)CC[C@]65O)C4)O[C@@H]3C)C[C@H]2OC)O[C@H](C)[C@H]1O. The Morgan fingerprint density at radius 2 is 1.43 bits per heavy atom. The molecule has 3 saturated heterocycles. The van der Waals surface area contributed by atoms with E-state index in [1.165, 1.54) is 21.0 Å². The van der Waals surface area contributed by atoms with Gasteiger partial charge in [-0.25, -0.2) is 4.79 Å². The molecule has 1 unspecified atom stereocenters. The Morgan fingerprint density at radius 3 is 2.09 bits per heavy atom. The van der Waals surface area contributed by atoms with Crippen molar-refractivity contribution in [3.63, 3.8) is 0 Å². The number of benzene rings is 1. The molecule has 7 aliphatic rings. The number of aliphatic hydroxyl groups excluding tert-OH is 2. The van der Waals surface area contributed by atoms with E-state index in [0.29, 0.717) is 50.5 Å². The molecule has 0 spiro atoms. The highest BCUT2D eigenvalue weighted by Gasteiger charge is 2.76.